The van der Waals surface area contributed by atoms with Gasteiger partial charge < -0.3 is 5.32 Å². The first-order valence-electron chi connectivity index (χ1n) is 6.52. The van der Waals surface area contributed by atoms with E-state index in [4.69, 9.17) is 23.2 Å². The van der Waals surface area contributed by atoms with Crippen LogP contribution in [0.1, 0.15) is 5.56 Å². The quantitative estimate of drug-likeness (QED) is 0.586. The maximum atomic E-state index is 11.9. The molecule has 2 aromatic rings. The molecule has 0 fully saturated rings. The van der Waals surface area contributed by atoms with E-state index in [0.29, 0.717) is 21.5 Å². The van der Waals surface area contributed by atoms with Crippen molar-refractivity contribution in [3.8, 4) is 0 Å². The highest BCUT2D eigenvalue weighted by molar-refractivity contribution is 7.99. The molecule has 0 aliphatic rings. The number of thioether (sulfide) groups is 1. The number of rotatable bonds is 6. The zero-order valence-corrected chi connectivity index (χ0v) is 14.1. The average Bonchev–Trinajstić information content (AvgIpc) is 2.52. The lowest BCUT2D eigenvalue weighted by atomic mass is 10.2. The Morgan fingerprint density at radius 2 is 1.87 bits per heavy atom. The van der Waals surface area contributed by atoms with Crippen LogP contribution in [0, 0.1) is 10.1 Å². The van der Waals surface area contributed by atoms with Crippen LogP contribution >= 0.6 is 35.0 Å². The maximum absolute atomic E-state index is 11.9. The highest BCUT2D eigenvalue weighted by atomic mass is 35.5. The summed E-state index contributed by atoms with van der Waals surface area (Å²) >= 11 is 13.3. The predicted octanol–water partition coefficient (Wildman–Crippen LogP) is 4.77. The van der Waals surface area contributed by atoms with Gasteiger partial charge in [-0.1, -0.05) is 41.4 Å². The molecule has 5 nitrogen and oxygen atoms in total. The third-order valence-corrected chi connectivity index (χ3v) is 4.70. The van der Waals surface area contributed by atoms with Gasteiger partial charge >= 0.3 is 0 Å². The van der Waals surface area contributed by atoms with Crippen LogP contribution in [0.5, 0.6) is 0 Å². The third-order valence-electron chi connectivity index (χ3n) is 2.87. The molecule has 0 saturated carbocycles. The molecule has 8 heteroatoms. The van der Waals surface area contributed by atoms with Crippen molar-refractivity contribution in [2.45, 2.75) is 5.75 Å². The molecule has 0 atom stereocenters. The molecule has 1 amide bonds. The molecule has 0 aliphatic heterocycles. The van der Waals surface area contributed by atoms with Gasteiger partial charge in [-0.3, -0.25) is 14.9 Å². The van der Waals surface area contributed by atoms with E-state index < -0.39 is 4.92 Å². The largest absolute Gasteiger partial charge is 0.324 e. The molecule has 23 heavy (non-hydrogen) atoms. The molecular formula is C15H12Cl2N2O3S. The summed E-state index contributed by atoms with van der Waals surface area (Å²) in [5.41, 5.74) is 1.43. The van der Waals surface area contributed by atoms with E-state index >= 15 is 0 Å². The third kappa shape index (κ3) is 5.13. The molecule has 0 spiro atoms. The molecule has 2 aromatic carbocycles. The fourth-order valence-corrected chi connectivity index (χ4v) is 2.90. The number of anilines is 1. The Bertz CT molecular complexity index is 723. The Morgan fingerprint density at radius 1 is 1.17 bits per heavy atom. The number of nitro benzene ring substituents is 1. The van der Waals surface area contributed by atoms with Crippen LogP contribution in [-0.4, -0.2) is 16.6 Å². The minimum absolute atomic E-state index is 0.0482. The fourth-order valence-electron chi connectivity index (χ4n) is 1.76. The molecular weight excluding hydrogens is 359 g/mol. The van der Waals surface area contributed by atoms with E-state index in [9.17, 15) is 14.9 Å². The number of nitro groups is 1. The zero-order valence-electron chi connectivity index (χ0n) is 11.8. The van der Waals surface area contributed by atoms with E-state index in [1.54, 1.807) is 30.3 Å². The summed E-state index contributed by atoms with van der Waals surface area (Å²) in [6.45, 7) is 0. The number of nitrogens with one attached hydrogen (secondary N) is 1. The number of carbonyl (C=O) groups is 1. The van der Waals surface area contributed by atoms with Gasteiger partial charge in [-0.15, -0.1) is 11.8 Å². The van der Waals surface area contributed by atoms with Crippen molar-refractivity contribution in [2.75, 3.05) is 11.1 Å². The van der Waals surface area contributed by atoms with E-state index in [2.05, 4.69) is 5.32 Å². The highest BCUT2D eigenvalue weighted by Crippen LogP contribution is 2.29. The van der Waals surface area contributed by atoms with Gasteiger partial charge in [0.05, 0.1) is 26.4 Å². The van der Waals surface area contributed by atoms with Crippen molar-refractivity contribution in [3.05, 3.63) is 68.2 Å². The Balaban J connectivity index is 1.83. The summed E-state index contributed by atoms with van der Waals surface area (Å²) in [4.78, 5) is 22.0. The van der Waals surface area contributed by atoms with Crippen LogP contribution in [0.25, 0.3) is 0 Å². The normalized spacial score (nSPS) is 10.3. The van der Waals surface area contributed by atoms with Gasteiger partial charge in [0.25, 0.3) is 5.69 Å². The first kappa shape index (κ1) is 17.6. The summed E-state index contributed by atoms with van der Waals surface area (Å²) < 4.78 is 0. The van der Waals surface area contributed by atoms with Gasteiger partial charge in [-0.05, 0) is 17.7 Å². The van der Waals surface area contributed by atoms with E-state index in [1.807, 2.05) is 0 Å². The fraction of sp³-hybridized carbons (Fsp3) is 0.133. The van der Waals surface area contributed by atoms with Crippen molar-refractivity contribution in [1.82, 2.24) is 0 Å². The zero-order chi connectivity index (χ0) is 16.8. The van der Waals surface area contributed by atoms with Crippen LogP contribution in [-0.2, 0) is 10.5 Å². The number of non-ortho nitro benzene ring substituents is 1. The van der Waals surface area contributed by atoms with Gasteiger partial charge in [0.2, 0.25) is 5.91 Å². The second-order valence-corrected chi connectivity index (χ2v) is 6.34. The lowest BCUT2D eigenvalue weighted by Crippen LogP contribution is -2.14. The highest BCUT2D eigenvalue weighted by Gasteiger charge is 2.09. The minimum atomic E-state index is -0.445. The molecule has 2 rings (SSSR count). The Hall–Kier alpha value is -1.76. The van der Waals surface area contributed by atoms with Crippen LogP contribution in [0.4, 0.5) is 11.4 Å². The molecule has 0 heterocycles. The molecule has 0 aromatic heterocycles. The molecule has 1 N–H and O–H groups in total. The van der Waals surface area contributed by atoms with Crippen LogP contribution in [0.15, 0.2) is 42.5 Å². The monoisotopic (exact) mass is 370 g/mol. The van der Waals surface area contributed by atoms with Crippen LogP contribution in [0.3, 0.4) is 0 Å². The maximum Gasteiger partial charge on any atom is 0.269 e. The van der Waals surface area contributed by atoms with Crippen LogP contribution in [0.2, 0.25) is 10.0 Å². The number of hydrogen-bond donors (Lipinski definition) is 1. The van der Waals surface area contributed by atoms with Crippen molar-refractivity contribution in [2.24, 2.45) is 0 Å². The van der Waals surface area contributed by atoms with Crippen molar-refractivity contribution in [3.63, 3.8) is 0 Å². The number of amides is 1. The topological polar surface area (TPSA) is 72.2 Å². The molecule has 0 bridgehead atoms. The van der Waals surface area contributed by atoms with Gasteiger partial charge in [0, 0.05) is 17.9 Å². The van der Waals surface area contributed by atoms with Crippen molar-refractivity contribution >= 4 is 52.2 Å². The second-order valence-electron chi connectivity index (χ2n) is 4.57. The van der Waals surface area contributed by atoms with Crippen molar-refractivity contribution < 1.29 is 9.72 Å². The lowest BCUT2D eigenvalue weighted by Gasteiger charge is -2.08. The Kier molecular flexibility index (Phi) is 6.27. The molecule has 0 radical (unpaired) electrons. The molecule has 0 saturated heterocycles. The van der Waals surface area contributed by atoms with E-state index in [0.717, 1.165) is 5.56 Å². The van der Waals surface area contributed by atoms with E-state index in [-0.39, 0.29) is 17.3 Å². The van der Waals surface area contributed by atoms with Gasteiger partial charge in [-0.25, -0.2) is 0 Å². The number of benzene rings is 2. The number of carbonyl (C=O) groups excluding carboxylic acids is 1. The first-order chi connectivity index (χ1) is 11.0. The van der Waals surface area contributed by atoms with Gasteiger partial charge in [-0.2, -0.15) is 0 Å². The second kappa shape index (κ2) is 8.19. The summed E-state index contributed by atoms with van der Waals surface area (Å²) in [6.07, 6.45) is 0. The smallest absolute Gasteiger partial charge is 0.269 e. The molecule has 0 aliphatic carbocycles. The number of nitrogens with zero attached hydrogens (tertiary/aromatic N) is 1. The lowest BCUT2D eigenvalue weighted by molar-refractivity contribution is -0.384. The minimum Gasteiger partial charge on any atom is -0.324 e. The summed E-state index contributed by atoms with van der Waals surface area (Å²) in [5.74, 6) is 0.621. The summed E-state index contributed by atoms with van der Waals surface area (Å²) in [6, 6.07) is 11.3. The standard InChI is InChI=1S/C15H12Cl2N2O3S/c16-12-2-1-3-13(15(12)17)18-14(20)9-23-8-10-4-6-11(7-5-10)19(21)22/h1-7H,8-9H2,(H,18,20). The Labute approximate surface area is 147 Å². The number of hydrogen-bond acceptors (Lipinski definition) is 4. The Morgan fingerprint density at radius 3 is 2.52 bits per heavy atom. The summed E-state index contributed by atoms with van der Waals surface area (Å²) in [7, 11) is 0. The molecule has 0 unspecified atom stereocenters. The van der Waals surface area contributed by atoms with Crippen LogP contribution < -0.4 is 5.32 Å². The first-order valence-corrected chi connectivity index (χ1v) is 8.43. The van der Waals surface area contributed by atoms with E-state index in [1.165, 1.54) is 23.9 Å². The molecule has 120 valence electrons. The SMILES string of the molecule is O=C(CSCc1ccc([N+](=O)[O-])cc1)Nc1cccc(Cl)c1Cl. The van der Waals surface area contributed by atoms with Gasteiger partial charge in [0.15, 0.2) is 0 Å². The summed E-state index contributed by atoms with van der Waals surface area (Å²) in [5, 5.41) is 13.9. The van der Waals surface area contributed by atoms with Gasteiger partial charge in [0.1, 0.15) is 0 Å². The average molecular weight is 371 g/mol. The predicted molar refractivity (Wildman–Crippen MR) is 94.4 cm³/mol. The number of halogens is 2. The van der Waals surface area contributed by atoms with Crippen molar-refractivity contribution in [1.29, 1.82) is 0 Å².